The first-order valence-corrected chi connectivity index (χ1v) is 8.71. The number of hydrogen-bond acceptors (Lipinski definition) is 3. The third kappa shape index (κ3) is 3.39. The molecule has 2 aliphatic rings. The minimum Gasteiger partial charge on any atom is -0.329 e. The average molecular weight is 256 g/mol. The summed E-state index contributed by atoms with van der Waals surface area (Å²) in [4.78, 5) is 2.78. The van der Waals surface area contributed by atoms with Gasteiger partial charge in [-0.25, -0.2) is 0 Å². The summed E-state index contributed by atoms with van der Waals surface area (Å²) in [5, 5.41) is 0. The van der Waals surface area contributed by atoms with E-state index in [-0.39, 0.29) is 0 Å². The molecule has 0 aromatic carbocycles. The number of piperidine rings is 1. The second kappa shape index (κ2) is 7.01. The van der Waals surface area contributed by atoms with Crippen molar-refractivity contribution >= 4 is 11.8 Å². The highest BCUT2D eigenvalue weighted by Crippen LogP contribution is 2.36. The summed E-state index contributed by atoms with van der Waals surface area (Å²) in [7, 11) is 0. The first-order chi connectivity index (χ1) is 8.36. The summed E-state index contributed by atoms with van der Waals surface area (Å²) in [6, 6.07) is 1.52. The van der Waals surface area contributed by atoms with Gasteiger partial charge in [-0.3, -0.25) is 4.90 Å². The summed E-state index contributed by atoms with van der Waals surface area (Å²) in [6.07, 6.45) is 12.2. The van der Waals surface area contributed by atoms with Gasteiger partial charge < -0.3 is 5.73 Å². The highest BCUT2D eigenvalue weighted by Gasteiger charge is 2.35. The van der Waals surface area contributed by atoms with Crippen LogP contribution in [0.1, 0.15) is 44.9 Å². The SMILES string of the molecule is CSCCC(CN)N1CCC[C@H]2CCCC[C@H]21. The first kappa shape index (κ1) is 13.7. The van der Waals surface area contributed by atoms with E-state index in [1.54, 1.807) is 0 Å². The second-order valence-electron chi connectivity index (χ2n) is 5.66. The molecular weight excluding hydrogens is 228 g/mol. The molecule has 1 aliphatic heterocycles. The van der Waals surface area contributed by atoms with Gasteiger partial charge in [0.15, 0.2) is 0 Å². The normalized spacial score (nSPS) is 32.1. The van der Waals surface area contributed by atoms with E-state index in [9.17, 15) is 0 Å². The molecule has 2 fully saturated rings. The Labute approximate surface area is 111 Å². The molecule has 2 nitrogen and oxygen atoms in total. The Morgan fingerprint density at radius 1 is 1.24 bits per heavy atom. The minimum atomic E-state index is 0.647. The van der Waals surface area contributed by atoms with E-state index in [4.69, 9.17) is 5.73 Å². The van der Waals surface area contributed by atoms with E-state index in [1.165, 1.54) is 57.2 Å². The summed E-state index contributed by atoms with van der Waals surface area (Å²) in [5.74, 6) is 2.25. The maximum Gasteiger partial charge on any atom is 0.0229 e. The lowest BCUT2D eigenvalue weighted by Crippen LogP contribution is -2.53. The quantitative estimate of drug-likeness (QED) is 0.820. The van der Waals surface area contributed by atoms with Crippen LogP contribution in [0, 0.1) is 5.92 Å². The van der Waals surface area contributed by atoms with Gasteiger partial charge in [0.05, 0.1) is 0 Å². The molecule has 0 spiro atoms. The van der Waals surface area contributed by atoms with Crippen molar-refractivity contribution < 1.29 is 0 Å². The Morgan fingerprint density at radius 2 is 2.00 bits per heavy atom. The van der Waals surface area contributed by atoms with E-state index < -0.39 is 0 Å². The number of thioether (sulfide) groups is 1. The van der Waals surface area contributed by atoms with Crippen molar-refractivity contribution in [2.24, 2.45) is 11.7 Å². The number of fused-ring (bicyclic) bond motifs is 1. The van der Waals surface area contributed by atoms with Crippen molar-refractivity contribution in [2.45, 2.75) is 57.0 Å². The molecule has 17 heavy (non-hydrogen) atoms. The number of likely N-dealkylation sites (tertiary alicyclic amines) is 1. The van der Waals surface area contributed by atoms with Crippen molar-refractivity contribution in [1.29, 1.82) is 0 Å². The van der Waals surface area contributed by atoms with Crippen molar-refractivity contribution in [3.63, 3.8) is 0 Å². The molecule has 1 aliphatic carbocycles. The molecule has 1 heterocycles. The topological polar surface area (TPSA) is 29.3 Å². The van der Waals surface area contributed by atoms with Gasteiger partial charge in [-0.2, -0.15) is 11.8 Å². The summed E-state index contributed by atoms with van der Waals surface area (Å²) in [5.41, 5.74) is 6.02. The third-order valence-corrected chi connectivity index (χ3v) is 5.33. The Kier molecular flexibility index (Phi) is 5.64. The monoisotopic (exact) mass is 256 g/mol. The molecular formula is C14H28N2S. The third-order valence-electron chi connectivity index (χ3n) is 4.68. The average Bonchev–Trinajstić information content (AvgIpc) is 2.40. The van der Waals surface area contributed by atoms with Gasteiger partial charge >= 0.3 is 0 Å². The zero-order valence-electron chi connectivity index (χ0n) is 11.2. The van der Waals surface area contributed by atoms with Crippen molar-refractivity contribution in [3.05, 3.63) is 0 Å². The largest absolute Gasteiger partial charge is 0.329 e. The Balaban J connectivity index is 1.95. The molecule has 0 aromatic heterocycles. The molecule has 1 unspecified atom stereocenters. The van der Waals surface area contributed by atoms with Crippen LogP contribution in [-0.2, 0) is 0 Å². The van der Waals surface area contributed by atoms with Crippen LogP contribution in [0.5, 0.6) is 0 Å². The molecule has 1 saturated heterocycles. The predicted molar refractivity (Wildman–Crippen MR) is 77.5 cm³/mol. The summed E-state index contributed by atoms with van der Waals surface area (Å²) in [6.45, 7) is 2.15. The van der Waals surface area contributed by atoms with Gasteiger partial charge in [0.1, 0.15) is 0 Å². The molecule has 1 saturated carbocycles. The summed E-state index contributed by atoms with van der Waals surface area (Å²) < 4.78 is 0. The summed E-state index contributed by atoms with van der Waals surface area (Å²) >= 11 is 1.96. The van der Waals surface area contributed by atoms with Crippen molar-refractivity contribution in [2.75, 3.05) is 25.1 Å². The van der Waals surface area contributed by atoms with Gasteiger partial charge in [0, 0.05) is 18.6 Å². The Hall–Kier alpha value is 0.270. The van der Waals surface area contributed by atoms with E-state index >= 15 is 0 Å². The van der Waals surface area contributed by atoms with Gasteiger partial charge in [-0.05, 0) is 56.6 Å². The Morgan fingerprint density at radius 3 is 2.76 bits per heavy atom. The zero-order chi connectivity index (χ0) is 12.1. The molecule has 3 heteroatoms. The maximum absolute atomic E-state index is 6.02. The van der Waals surface area contributed by atoms with Crippen LogP contribution >= 0.6 is 11.8 Å². The van der Waals surface area contributed by atoms with Crippen molar-refractivity contribution in [3.8, 4) is 0 Å². The van der Waals surface area contributed by atoms with Gasteiger partial charge in [0.25, 0.3) is 0 Å². The van der Waals surface area contributed by atoms with Crippen LogP contribution in [0.3, 0.4) is 0 Å². The molecule has 2 N–H and O–H groups in total. The van der Waals surface area contributed by atoms with Crippen LogP contribution in [0.4, 0.5) is 0 Å². The fourth-order valence-corrected chi connectivity index (χ4v) is 4.30. The zero-order valence-corrected chi connectivity index (χ0v) is 12.1. The van der Waals surface area contributed by atoms with Crippen molar-refractivity contribution in [1.82, 2.24) is 4.90 Å². The molecule has 2 rings (SSSR count). The van der Waals surface area contributed by atoms with Gasteiger partial charge in [-0.15, -0.1) is 0 Å². The van der Waals surface area contributed by atoms with Crippen LogP contribution < -0.4 is 5.73 Å². The number of nitrogens with two attached hydrogens (primary N) is 1. The second-order valence-corrected chi connectivity index (χ2v) is 6.65. The van der Waals surface area contributed by atoms with E-state index in [0.717, 1.165) is 18.5 Å². The standard InChI is InChI=1S/C14H28N2S/c1-17-10-8-13(11-15)16-9-4-6-12-5-2-3-7-14(12)16/h12-14H,2-11,15H2,1H3/t12-,13?,14-/m1/s1. The van der Waals surface area contributed by atoms with Crippen LogP contribution in [0.15, 0.2) is 0 Å². The minimum absolute atomic E-state index is 0.647. The van der Waals surface area contributed by atoms with E-state index in [2.05, 4.69) is 11.2 Å². The number of nitrogens with zero attached hydrogens (tertiary/aromatic N) is 1. The fourth-order valence-electron chi connectivity index (χ4n) is 3.79. The van der Waals surface area contributed by atoms with Crippen LogP contribution in [0.2, 0.25) is 0 Å². The van der Waals surface area contributed by atoms with Crippen LogP contribution in [-0.4, -0.2) is 42.1 Å². The molecule has 100 valence electrons. The van der Waals surface area contributed by atoms with Crippen LogP contribution in [0.25, 0.3) is 0 Å². The Bertz CT molecular complexity index is 220. The molecule has 0 amide bonds. The van der Waals surface area contributed by atoms with Gasteiger partial charge in [-0.1, -0.05) is 12.8 Å². The smallest absolute Gasteiger partial charge is 0.0229 e. The molecule has 0 aromatic rings. The first-order valence-electron chi connectivity index (χ1n) is 7.31. The number of rotatable bonds is 5. The van der Waals surface area contributed by atoms with E-state index in [0.29, 0.717) is 6.04 Å². The predicted octanol–water partition coefficient (Wildman–Crippen LogP) is 2.72. The lowest BCUT2D eigenvalue weighted by molar-refractivity contribution is 0.0274. The molecule has 0 bridgehead atoms. The lowest BCUT2D eigenvalue weighted by Gasteiger charge is -2.47. The highest BCUT2D eigenvalue weighted by molar-refractivity contribution is 7.98. The lowest BCUT2D eigenvalue weighted by atomic mass is 9.77. The maximum atomic E-state index is 6.02. The highest BCUT2D eigenvalue weighted by atomic mass is 32.2. The fraction of sp³-hybridized carbons (Fsp3) is 1.00. The van der Waals surface area contributed by atoms with Gasteiger partial charge in [0.2, 0.25) is 0 Å². The molecule has 3 atom stereocenters. The molecule has 0 radical (unpaired) electrons. The van der Waals surface area contributed by atoms with E-state index in [1.807, 2.05) is 11.8 Å². The number of hydrogen-bond donors (Lipinski definition) is 1.